The van der Waals surface area contributed by atoms with Crippen LogP contribution in [0.3, 0.4) is 0 Å². The van der Waals surface area contributed by atoms with E-state index in [0.717, 1.165) is 23.3 Å². The fraction of sp³-hybridized carbons (Fsp3) is 0.524. The second-order valence-electron chi connectivity index (χ2n) is 8.31. The number of hydrogen-bond acceptors (Lipinski definition) is 7. The first-order chi connectivity index (χ1) is 14.6. The Bertz CT molecular complexity index is 1080. The summed E-state index contributed by atoms with van der Waals surface area (Å²) in [6.07, 6.45) is 5.98. The maximum absolute atomic E-state index is 11.6. The van der Waals surface area contributed by atoms with Crippen molar-refractivity contribution in [2.24, 2.45) is 5.92 Å². The van der Waals surface area contributed by atoms with Crippen molar-refractivity contribution < 1.29 is 9.84 Å². The molecule has 0 amide bonds. The summed E-state index contributed by atoms with van der Waals surface area (Å²) in [4.78, 5) is 7.16. The van der Waals surface area contributed by atoms with E-state index in [1.54, 1.807) is 17.1 Å². The third-order valence-electron chi connectivity index (χ3n) is 6.39. The van der Waals surface area contributed by atoms with Crippen LogP contribution in [0.4, 0.5) is 5.82 Å². The summed E-state index contributed by atoms with van der Waals surface area (Å²) in [6.45, 7) is 4.14. The molecule has 0 aromatic carbocycles. The molecular weight excluding hydrogens is 382 g/mol. The van der Waals surface area contributed by atoms with Crippen LogP contribution in [0.1, 0.15) is 38.2 Å². The van der Waals surface area contributed by atoms with E-state index in [0.29, 0.717) is 50.4 Å². The van der Waals surface area contributed by atoms with Crippen LogP contribution in [0.2, 0.25) is 0 Å². The molecule has 9 heteroatoms. The first kappa shape index (κ1) is 19.0. The van der Waals surface area contributed by atoms with E-state index < -0.39 is 5.60 Å². The zero-order chi connectivity index (χ0) is 20.7. The first-order valence-corrected chi connectivity index (χ1v) is 10.4. The van der Waals surface area contributed by atoms with Gasteiger partial charge in [-0.1, -0.05) is 0 Å². The van der Waals surface area contributed by atoms with E-state index in [1.807, 2.05) is 12.1 Å². The predicted molar refractivity (Wildman–Crippen MR) is 110 cm³/mol. The Kier molecular flexibility index (Phi) is 4.68. The number of ether oxygens (including phenoxy) is 1. The number of nitrogens with one attached hydrogen (secondary N) is 1. The monoisotopic (exact) mass is 407 g/mol. The Labute approximate surface area is 174 Å². The summed E-state index contributed by atoms with van der Waals surface area (Å²) >= 11 is 0. The molecule has 3 aromatic rings. The number of pyridine rings is 1. The van der Waals surface area contributed by atoms with Crippen molar-refractivity contribution >= 4 is 16.9 Å². The van der Waals surface area contributed by atoms with Gasteiger partial charge in [0.15, 0.2) is 11.5 Å². The highest BCUT2D eigenvalue weighted by Gasteiger charge is 2.38. The maximum atomic E-state index is 11.6. The molecule has 1 atom stereocenters. The third-order valence-corrected chi connectivity index (χ3v) is 6.39. The normalized spacial score (nSPS) is 27.3. The number of anilines is 1. The number of aliphatic hydroxyl groups is 1. The van der Waals surface area contributed by atoms with Gasteiger partial charge in [-0.15, -0.1) is 0 Å². The van der Waals surface area contributed by atoms with Crippen molar-refractivity contribution in [2.45, 2.75) is 44.2 Å². The van der Waals surface area contributed by atoms with Gasteiger partial charge in [0.05, 0.1) is 37.1 Å². The molecule has 3 aromatic heterocycles. The Morgan fingerprint density at radius 1 is 1.33 bits per heavy atom. The van der Waals surface area contributed by atoms with Gasteiger partial charge in [-0.2, -0.15) is 20.1 Å². The average Bonchev–Trinajstić information content (AvgIpc) is 3.43. The van der Waals surface area contributed by atoms with Crippen LogP contribution in [-0.2, 0) is 10.3 Å². The molecular formula is C21H25N7O2. The van der Waals surface area contributed by atoms with Crippen LogP contribution in [0.15, 0.2) is 24.5 Å². The summed E-state index contributed by atoms with van der Waals surface area (Å²) in [5.74, 6) is 1.46. The average molecular weight is 407 g/mol. The number of nitriles is 1. The van der Waals surface area contributed by atoms with Gasteiger partial charge in [-0.25, -0.2) is 4.98 Å². The van der Waals surface area contributed by atoms with Crippen LogP contribution in [-0.4, -0.2) is 55.9 Å². The van der Waals surface area contributed by atoms with E-state index >= 15 is 0 Å². The molecule has 0 spiro atoms. The van der Waals surface area contributed by atoms with E-state index in [4.69, 9.17) is 9.72 Å². The van der Waals surface area contributed by atoms with E-state index in [-0.39, 0.29) is 12.0 Å². The zero-order valence-corrected chi connectivity index (χ0v) is 17.0. The number of fused-ring (bicyclic) bond motifs is 1. The molecule has 0 bridgehead atoms. The number of nitrogens with zero attached hydrogens (tertiary/aromatic N) is 6. The second-order valence-corrected chi connectivity index (χ2v) is 8.31. The van der Waals surface area contributed by atoms with Gasteiger partial charge in [0, 0.05) is 30.1 Å². The van der Waals surface area contributed by atoms with E-state index in [2.05, 4.69) is 33.2 Å². The minimum absolute atomic E-state index is 0.00752. The number of aromatic nitrogens is 5. The summed E-state index contributed by atoms with van der Waals surface area (Å²) in [5.41, 5.74) is 0.501. The highest BCUT2D eigenvalue weighted by Crippen LogP contribution is 2.43. The van der Waals surface area contributed by atoms with E-state index in [1.165, 1.54) is 0 Å². The topological polar surface area (TPSA) is 116 Å². The van der Waals surface area contributed by atoms with Gasteiger partial charge in [0.1, 0.15) is 5.82 Å². The number of H-pyrrole nitrogens is 1. The lowest BCUT2D eigenvalue weighted by molar-refractivity contribution is -0.00679. The van der Waals surface area contributed by atoms with Gasteiger partial charge in [-0.3, -0.25) is 5.10 Å². The standard InChI is InChI=1S/C21H25N7O2/c1-14-13-30-9-8-27(14)19-10-17(21(29)5-2-15(11-22)3-6-21)16-12-24-28(20(16)25-19)18-4-7-23-26-18/h4,7,10,12,14-15,29H,2-3,5-6,8-9,13H2,1H3,(H,23,26)/t14-,15?,21?/m1/s1. The van der Waals surface area contributed by atoms with Crippen molar-refractivity contribution in [3.05, 3.63) is 30.1 Å². The molecule has 4 heterocycles. The molecule has 30 heavy (non-hydrogen) atoms. The summed E-state index contributed by atoms with van der Waals surface area (Å²) in [5, 5.41) is 33.3. The molecule has 0 radical (unpaired) electrons. The molecule has 1 aliphatic heterocycles. The fourth-order valence-corrected chi connectivity index (χ4v) is 4.62. The Morgan fingerprint density at radius 2 is 2.17 bits per heavy atom. The van der Waals surface area contributed by atoms with Crippen LogP contribution in [0.25, 0.3) is 16.9 Å². The van der Waals surface area contributed by atoms with Gasteiger partial charge >= 0.3 is 0 Å². The smallest absolute Gasteiger partial charge is 0.177 e. The molecule has 2 fully saturated rings. The molecule has 2 N–H and O–H groups in total. The quantitative estimate of drug-likeness (QED) is 0.684. The number of rotatable bonds is 3. The number of morpholine rings is 1. The first-order valence-electron chi connectivity index (χ1n) is 10.4. The second kappa shape index (κ2) is 7.38. The minimum Gasteiger partial charge on any atom is -0.385 e. The summed E-state index contributed by atoms with van der Waals surface area (Å²) < 4.78 is 7.30. The maximum Gasteiger partial charge on any atom is 0.177 e. The Balaban J connectivity index is 1.66. The molecule has 5 rings (SSSR count). The van der Waals surface area contributed by atoms with Crippen LogP contribution in [0.5, 0.6) is 0 Å². The lowest BCUT2D eigenvalue weighted by atomic mass is 9.75. The molecule has 0 unspecified atom stereocenters. The zero-order valence-electron chi connectivity index (χ0n) is 17.0. The Hall–Kier alpha value is -2.96. The van der Waals surface area contributed by atoms with Gasteiger partial charge in [0.25, 0.3) is 0 Å². The summed E-state index contributed by atoms with van der Waals surface area (Å²) in [6, 6.07) is 6.38. The van der Waals surface area contributed by atoms with Crippen LogP contribution >= 0.6 is 0 Å². The van der Waals surface area contributed by atoms with Gasteiger partial charge < -0.3 is 14.7 Å². The van der Waals surface area contributed by atoms with Gasteiger partial charge in [0.2, 0.25) is 0 Å². The lowest BCUT2D eigenvalue weighted by Gasteiger charge is -2.37. The lowest BCUT2D eigenvalue weighted by Crippen LogP contribution is -2.44. The third kappa shape index (κ3) is 3.13. The van der Waals surface area contributed by atoms with E-state index in [9.17, 15) is 10.4 Å². The predicted octanol–water partition coefficient (Wildman–Crippen LogP) is 2.27. The van der Waals surface area contributed by atoms with Crippen LogP contribution in [0, 0.1) is 17.2 Å². The minimum atomic E-state index is -1.00. The molecule has 2 aliphatic rings. The molecule has 1 saturated carbocycles. The number of hydrogen-bond donors (Lipinski definition) is 2. The van der Waals surface area contributed by atoms with Gasteiger partial charge in [-0.05, 0) is 44.2 Å². The molecule has 1 saturated heterocycles. The molecule has 156 valence electrons. The molecule has 9 nitrogen and oxygen atoms in total. The Morgan fingerprint density at radius 3 is 2.87 bits per heavy atom. The SMILES string of the molecule is C[C@@H]1COCCN1c1cc(C2(O)CCC(C#N)CC2)c2cnn(-c3cc[nH]n3)c2n1. The fourth-order valence-electron chi connectivity index (χ4n) is 4.62. The highest BCUT2D eigenvalue weighted by atomic mass is 16.5. The van der Waals surface area contributed by atoms with Crippen molar-refractivity contribution in [1.29, 1.82) is 5.26 Å². The largest absolute Gasteiger partial charge is 0.385 e. The van der Waals surface area contributed by atoms with Crippen molar-refractivity contribution in [1.82, 2.24) is 25.0 Å². The van der Waals surface area contributed by atoms with Crippen molar-refractivity contribution in [3.63, 3.8) is 0 Å². The summed E-state index contributed by atoms with van der Waals surface area (Å²) in [7, 11) is 0. The highest BCUT2D eigenvalue weighted by molar-refractivity contribution is 5.83. The number of aromatic amines is 1. The molecule has 1 aliphatic carbocycles. The van der Waals surface area contributed by atoms with Crippen LogP contribution < -0.4 is 4.90 Å². The van der Waals surface area contributed by atoms with Crippen molar-refractivity contribution in [2.75, 3.05) is 24.7 Å². The van der Waals surface area contributed by atoms with Crippen molar-refractivity contribution in [3.8, 4) is 11.9 Å².